The standard InChI is InChI=1S/C18H20N2O5/c21-14(11-20-10-4-7-16(20)23)19-15(22)12-25-17(24)18(8-9-18)13-5-2-1-3-6-13/h1-3,5-6H,4,7-12H2,(H,19,21,22). The number of benzene rings is 1. The molecule has 7 nitrogen and oxygen atoms in total. The van der Waals surface area contributed by atoms with Crippen LogP contribution in [0.3, 0.4) is 0 Å². The lowest BCUT2D eigenvalue weighted by Crippen LogP contribution is -2.42. The van der Waals surface area contributed by atoms with Crippen molar-refractivity contribution in [2.24, 2.45) is 0 Å². The van der Waals surface area contributed by atoms with E-state index in [2.05, 4.69) is 5.32 Å². The van der Waals surface area contributed by atoms with Gasteiger partial charge in [0.05, 0.1) is 12.0 Å². The van der Waals surface area contributed by atoms with E-state index >= 15 is 0 Å². The van der Waals surface area contributed by atoms with Gasteiger partial charge in [0.25, 0.3) is 5.91 Å². The van der Waals surface area contributed by atoms with E-state index in [9.17, 15) is 19.2 Å². The summed E-state index contributed by atoms with van der Waals surface area (Å²) in [6, 6.07) is 9.31. The molecule has 1 aliphatic carbocycles. The average Bonchev–Trinajstić information content (AvgIpc) is 3.33. The van der Waals surface area contributed by atoms with E-state index in [4.69, 9.17) is 4.74 Å². The minimum atomic E-state index is -0.686. The van der Waals surface area contributed by atoms with Gasteiger partial charge in [-0.15, -0.1) is 0 Å². The van der Waals surface area contributed by atoms with Crippen molar-refractivity contribution in [2.45, 2.75) is 31.1 Å². The van der Waals surface area contributed by atoms with E-state index in [0.29, 0.717) is 25.8 Å². The third kappa shape index (κ3) is 3.87. The van der Waals surface area contributed by atoms with Crippen molar-refractivity contribution in [3.63, 3.8) is 0 Å². The Morgan fingerprint density at radius 3 is 2.44 bits per heavy atom. The maximum atomic E-state index is 12.3. The average molecular weight is 344 g/mol. The Labute approximate surface area is 145 Å². The molecule has 0 spiro atoms. The first-order valence-corrected chi connectivity index (χ1v) is 8.34. The number of likely N-dealkylation sites (tertiary alicyclic amines) is 1. The van der Waals surface area contributed by atoms with Crippen LogP contribution in [0.1, 0.15) is 31.2 Å². The molecule has 2 aliphatic rings. The molecule has 1 saturated carbocycles. The zero-order chi connectivity index (χ0) is 17.9. The predicted molar refractivity (Wildman–Crippen MR) is 87.3 cm³/mol. The lowest BCUT2D eigenvalue weighted by molar-refractivity contribution is -0.152. The Morgan fingerprint density at radius 2 is 1.84 bits per heavy atom. The molecular formula is C18H20N2O5. The van der Waals surface area contributed by atoms with E-state index in [1.54, 1.807) is 0 Å². The normalized spacial score (nSPS) is 17.9. The fourth-order valence-electron chi connectivity index (χ4n) is 3.04. The first-order valence-electron chi connectivity index (χ1n) is 8.34. The van der Waals surface area contributed by atoms with Gasteiger partial charge in [0.15, 0.2) is 6.61 Å². The van der Waals surface area contributed by atoms with Gasteiger partial charge in [-0.3, -0.25) is 24.5 Å². The van der Waals surface area contributed by atoms with Gasteiger partial charge in [0.1, 0.15) is 0 Å². The molecule has 3 rings (SSSR count). The molecule has 0 radical (unpaired) electrons. The van der Waals surface area contributed by atoms with Crippen molar-refractivity contribution in [3.8, 4) is 0 Å². The maximum absolute atomic E-state index is 12.3. The second-order valence-electron chi connectivity index (χ2n) is 6.41. The van der Waals surface area contributed by atoms with Crippen LogP contribution >= 0.6 is 0 Å². The molecule has 1 aromatic rings. The van der Waals surface area contributed by atoms with Crippen LogP contribution < -0.4 is 5.32 Å². The van der Waals surface area contributed by atoms with Gasteiger partial charge >= 0.3 is 5.97 Å². The maximum Gasteiger partial charge on any atom is 0.317 e. The highest BCUT2D eigenvalue weighted by Crippen LogP contribution is 2.49. The predicted octanol–water partition coefficient (Wildman–Crippen LogP) is 0.527. The summed E-state index contributed by atoms with van der Waals surface area (Å²) < 4.78 is 5.09. The van der Waals surface area contributed by atoms with Crippen molar-refractivity contribution in [2.75, 3.05) is 19.7 Å². The molecule has 1 N–H and O–H groups in total. The summed E-state index contributed by atoms with van der Waals surface area (Å²) in [5.74, 6) is -1.79. The number of imide groups is 1. The van der Waals surface area contributed by atoms with Crippen LogP contribution in [0.4, 0.5) is 0 Å². The van der Waals surface area contributed by atoms with Crippen molar-refractivity contribution in [1.82, 2.24) is 10.2 Å². The van der Waals surface area contributed by atoms with Gasteiger partial charge in [-0.05, 0) is 24.8 Å². The molecule has 1 heterocycles. The van der Waals surface area contributed by atoms with E-state index < -0.39 is 29.8 Å². The van der Waals surface area contributed by atoms with Crippen molar-refractivity contribution < 1.29 is 23.9 Å². The number of rotatable bonds is 6. The molecule has 0 unspecified atom stereocenters. The number of nitrogens with zero attached hydrogens (tertiary/aromatic N) is 1. The summed E-state index contributed by atoms with van der Waals surface area (Å²) in [6.07, 6.45) is 2.53. The molecule has 0 aromatic heterocycles. The molecule has 7 heteroatoms. The first kappa shape index (κ1) is 17.1. The molecule has 1 saturated heterocycles. The number of carbonyl (C=O) groups excluding carboxylic acids is 4. The number of amides is 3. The summed E-state index contributed by atoms with van der Waals surface area (Å²) in [6.45, 7) is -0.130. The largest absolute Gasteiger partial charge is 0.455 e. The zero-order valence-electron chi connectivity index (χ0n) is 13.8. The Morgan fingerprint density at radius 1 is 1.12 bits per heavy atom. The van der Waals surface area contributed by atoms with Crippen LogP contribution in [0.5, 0.6) is 0 Å². The molecule has 1 aliphatic heterocycles. The van der Waals surface area contributed by atoms with Crippen molar-refractivity contribution >= 4 is 23.7 Å². The second kappa shape index (κ2) is 7.04. The van der Waals surface area contributed by atoms with Crippen molar-refractivity contribution in [3.05, 3.63) is 35.9 Å². The van der Waals surface area contributed by atoms with Crippen LogP contribution in [0.2, 0.25) is 0 Å². The first-order chi connectivity index (χ1) is 12.0. The van der Waals surface area contributed by atoms with E-state index in [1.807, 2.05) is 30.3 Å². The number of hydrogen-bond donors (Lipinski definition) is 1. The molecule has 0 bridgehead atoms. The number of nitrogens with one attached hydrogen (secondary N) is 1. The quantitative estimate of drug-likeness (QED) is 0.760. The topological polar surface area (TPSA) is 92.8 Å². The van der Waals surface area contributed by atoms with Gasteiger partial charge in [-0.25, -0.2) is 0 Å². The highest BCUT2D eigenvalue weighted by molar-refractivity contribution is 5.99. The van der Waals surface area contributed by atoms with Gasteiger partial charge in [0.2, 0.25) is 11.8 Å². The summed E-state index contributed by atoms with van der Waals surface area (Å²) in [4.78, 5) is 48.7. The molecule has 25 heavy (non-hydrogen) atoms. The van der Waals surface area contributed by atoms with Gasteiger partial charge < -0.3 is 9.64 Å². The number of carbonyl (C=O) groups is 4. The fraction of sp³-hybridized carbons (Fsp3) is 0.444. The monoisotopic (exact) mass is 344 g/mol. The highest BCUT2D eigenvalue weighted by atomic mass is 16.5. The third-order valence-electron chi connectivity index (χ3n) is 4.59. The fourth-order valence-corrected chi connectivity index (χ4v) is 3.04. The Balaban J connectivity index is 1.45. The van der Waals surface area contributed by atoms with Crippen LogP contribution in [0, 0.1) is 0 Å². The van der Waals surface area contributed by atoms with Crippen LogP contribution in [0.15, 0.2) is 30.3 Å². The van der Waals surface area contributed by atoms with Gasteiger partial charge in [0, 0.05) is 13.0 Å². The summed E-state index contributed by atoms with van der Waals surface area (Å²) in [5, 5.41) is 2.15. The van der Waals surface area contributed by atoms with Crippen LogP contribution in [-0.2, 0) is 29.3 Å². The molecule has 1 aromatic carbocycles. The Kier molecular flexibility index (Phi) is 4.83. The Hall–Kier alpha value is -2.70. The second-order valence-corrected chi connectivity index (χ2v) is 6.41. The lowest BCUT2D eigenvalue weighted by Gasteiger charge is -2.16. The molecule has 0 atom stereocenters. The zero-order valence-corrected chi connectivity index (χ0v) is 13.8. The molecule has 3 amide bonds. The Bertz CT molecular complexity index is 697. The van der Waals surface area contributed by atoms with Crippen LogP contribution in [-0.4, -0.2) is 48.3 Å². The van der Waals surface area contributed by atoms with Crippen LogP contribution in [0.25, 0.3) is 0 Å². The SMILES string of the molecule is O=C(COC(=O)C1(c2ccccc2)CC1)NC(=O)CN1CCCC1=O. The highest BCUT2D eigenvalue weighted by Gasteiger charge is 2.52. The number of esters is 1. The van der Waals surface area contributed by atoms with Gasteiger partial charge in [-0.1, -0.05) is 30.3 Å². The van der Waals surface area contributed by atoms with Crippen molar-refractivity contribution in [1.29, 1.82) is 0 Å². The summed E-state index contributed by atoms with van der Waals surface area (Å²) in [5.41, 5.74) is 0.220. The minimum absolute atomic E-state index is 0.0902. The molecule has 132 valence electrons. The van der Waals surface area contributed by atoms with E-state index in [0.717, 1.165) is 12.0 Å². The number of hydrogen-bond acceptors (Lipinski definition) is 5. The molecular weight excluding hydrogens is 324 g/mol. The lowest BCUT2D eigenvalue weighted by atomic mass is 9.96. The van der Waals surface area contributed by atoms with Gasteiger partial charge in [-0.2, -0.15) is 0 Å². The van der Waals surface area contributed by atoms with E-state index in [-0.39, 0.29) is 12.5 Å². The smallest absolute Gasteiger partial charge is 0.317 e. The summed E-state index contributed by atoms with van der Waals surface area (Å²) >= 11 is 0. The van der Waals surface area contributed by atoms with E-state index in [1.165, 1.54) is 4.90 Å². The third-order valence-corrected chi connectivity index (χ3v) is 4.59. The summed E-state index contributed by atoms with van der Waals surface area (Å²) in [7, 11) is 0. The molecule has 2 fully saturated rings. The number of ether oxygens (including phenoxy) is 1. The minimum Gasteiger partial charge on any atom is -0.455 e.